The summed E-state index contributed by atoms with van der Waals surface area (Å²) >= 11 is 0. The van der Waals surface area contributed by atoms with Crippen molar-refractivity contribution >= 4 is 5.97 Å². The molecule has 154 valence electrons. The molecule has 1 aromatic carbocycles. The summed E-state index contributed by atoms with van der Waals surface area (Å²) < 4.78 is 6.11. The van der Waals surface area contributed by atoms with Gasteiger partial charge in [0.25, 0.3) is 0 Å². The Morgan fingerprint density at radius 1 is 1.21 bits per heavy atom. The Kier molecular flexibility index (Phi) is 8.07. The largest absolute Gasteiger partial charge is 0.481 e. The molecule has 0 aliphatic carbocycles. The van der Waals surface area contributed by atoms with Crippen molar-refractivity contribution in [1.29, 1.82) is 0 Å². The predicted molar refractivity (Wildman–Crippen MR) is 109 cm³/mol. The summed E-state index contributed by atoms with van der Waals surface area (Å²) in [4.78, 5) is 10.6. The van der Waals surface area contributed by atoms with Crippen LogP contribution in [0.1, 0.15) is 50.5 Å². The first-order chi connectivity index (χ1) is 13.6. The van der Waals surface area contributed by atoms with Crippen LogP contribution < -0.4 is 5.32 Å². The fourth-order valence-corrected chi connectivity index (χ4v) is 4.45. The number of hydrogen-bond donors (Lipinski definition) is 3. The van der Waals surface area contributed by atoms with Gasteiger partial charge in [-0.3, -0.25) is 4.79 Å². The summed E-state index contributed by atoms with van der Waals surface area (Å²) in [7, 11) is 0. The third-order valence-corrected chi connectivity index (χ3v) is 5.96. The number of aryl methyl sites for hydroxylation is 1. The molecule has 1 aromatic rings. The summed E-state index contributed by atoms with van der Waals surface area (Å²) in [6.07, 6.45) is 11.0. The van der Waals surface area contributed by atoms with E-state index in [0.717, 1.165) is 38.5 Å². The number of aliphatic hydroxyl groups excluding tert-OH is 1. The van der Waals surface area contributed by atoms with E-state index in [1.54, 1.807) is 0 Å². The molecule has 5 nitrogen and oxygen atoms in total. The van der Waals surface area contributed by atoms with Crippen molar-refractivity contribution in [3.8, 4) is 0 Å². The van der Waals surface area contributed by atoms with Gasteiger partial charge < -0.3 is 20.3 Å². The average Bonchev–Trinajstić information content (AvgIpc) is 3.30. The van der Waals surface area contributed by atoms with Gasteiger partial charge in [-0.15, -0.1) is 0 Å². The maximum Gasteiger partial charge on any atom is 0.303 e. The van der Waals surface area contributed by atoms with E-state index >= 15 is 0 Å². The zero-order chi connectivity index (χ0) is 19.8. The van der Waals surface area contributed by atoms with Gasteiger partial charge in [0.2, 0.25) is 0 Å². The number of carbonyl (C=O) groups is 1. The van der Waals surface area contributed by atoms with E-state index < -0.39 is 5.97 Å². The van der Waals surface area contributed by atoms with Gasteiger partial charge in [-0.2, -0.15) is 0 Å². The molecule has 3 rings (SSSR count). The normalized spacial score (nSPS) is 27.5. The summed E-state index contributed by atoms with van der Waals surface area (Å²) in [5.74, 6) is -0.291. The number of nitrogens with one attached hydrogen (secondary N) is 1. The molecule has 28 heavy (non-hydrogen) atoms. The molecule has 0 saturated carbocycles. The standard InChI is InChI=1S/C23H33NO4/c25-18(13-12-17-8-4-3-5-9-17)16-24-23-19(20-14-15-21(23)28-20)10-6-1-2-7-11-22(26)27/h1,3-6,8-9,18-21,23-25H,2,7,10-16H2,(H,26,27)/b6-1-/t18?,19-,20+,21-,23-/m0/s1. The lowest BCUT2D eigenvalue weighted by Crippen LogP contribution is -2.46. The first-order valence-corrected chi connectivity index (χ1v) is 10.6. The molecule has 2 bridgehead atoms. The van der Waals surface area contributed by atoms with Gasteiger partial charge in [-0.25, -0.2) is 0 Å². The SMILES string of the molecule is O=C(O)CCC/C=C\C[C@@H]1[C@H](NCC(O)CCc2ccccc2)[C@@H]2CC[C@H]1O2. The Labute approximate surface area is 167 Å². The predicted octanol–water partition coefficient (Wildman–Crippen LogP) is 3.32. The highest BCUT2D eigenvalue weighted by atomic mass is 16.5. The Balaban J connectivity index is 1.40. The van der Waals surface area contributed by atoms with Crippen LogP contribution in [0, 0.1) is 5.92 Å². The summed E-state index contributed by atoms with van der Waals surface area (Å²) in [5.41, 5.74) is 1.26. The summed E-state index contributed by atoms with van der Waals surface area (Å²) in [6.45, 7) is 0.600. The molecule has 5 heteroatoms. The monoisotopic (exact) mass is 387 g/mol. The molecule has 1 unspecified atom stereocenters. The lowest BCUT2D eigenvalue weighted by molar-refractivity contribution is -0.137. The van der Waals surface area contributed by atoms with Crippen LogP contribution >= 0.6 is 0 Å². The number of rotatable bonds is 12. The Morgan fingerprint density at radius 2 is 2.00 bits per heavy atom. The molecule has 2 heterocycles. The molecule has 2 aliphatic heterocycles. The Bertz CT molecular complexity index is 633. The highest BCUT2D eigenvalue weighted by molar-refractivity contribution is 5.66. The van der Waals surface area contributed by atoms with E-state index in [4.69, 9.17) is 9.84 Å². The van der Waals surface area contributed by atoms with Gasteiger partial charge in [0, 0.05) is 24.9 Å². The lowest BCUT2D eigenvalue weighted by Gasteiger charge is -2.29. The van der Waals surface area contributed by atoms with Gasteiger partial charge in [-0.1, -0.05) is 42.5 Å². The van der Waals surface area contributed by atoms with Crippen LogP contribution in [-0.2, 0) is 16.0 Å². The summed E-state index contributed by atoms with van der Waals surface area (Å²) in [6, 6.07) is 10.6. The second-order valence-electron chi connectivity index (χ2n) is 8.06. The highest BCUT2D eigenvalue weighted by Crippen LogP contribution is 2.41. The summed E-state index contributed by atoms with van der Waals surface area (Å²) in [5, 5.41) is 22.6. The zero-order valence-corrected chi connectivity index (χ0v) is 16.5. The van der Waals surface area contributed by atoms with Crippen molar-refractivity contribution in [1.82, 2.24) is 5.32 Å². The number of carboxylic acid groups (broad SMARTS) is 1. The van der Waals surface area contributed by atoms with Crippen molar-refractivity contribution in [3.05, 3.63) is 48.0 Å². The van der Waals surface area contributed by atoms with Crippen LogP contribution in [0.5, 0.6) is 0 Å². The average molecular weight is 388 g/mol. The molecule has 2 aliphatic rings. The van der Waals surface area contributed by atoms with E-state index in [1.807, 2.05) is 18.2 Å². The number of fused-ring (bicyclic) bond motifs is 2. The minimum atomic E-state index is -0.731. The number of unbranched alkanes of at least 4 members (excludes halogenated alkanes) is 1. The third-order valence-electron chi connectivity index (χ3n) is 5.96. The maximum absolute atomic E-state index is 10.6. The van der Waals surface area contributed by atoms with Crippen LogP contribution in [0.25, 0.3) is 0 Å². The van der Waals surface area contributed by atoms with Crippen LogP contribution in [0.4, 0.5) is 0 Å². The van der Waals surface area contributed by atoms with Crippen LogP contribution in [0.3, 0.4) is 0 Å². The van der Waals surface area contributed by atoms with Crippen LogP contribution in [-0.4, -0.2) is 47.1 Å². The quantitative estimate of drug-likeness (QED) is 0.379. The minimum Gasteiger partial charge on any atom is -0.481 e. The maximum atomic E-state index is 10.6. The molecule has 0 radical (unpaired) electrons. The molecule has 0 aromatic heterocycles. The van der Waals surface area contributed by atoms with Gasteiger partial charge >= 0.3 is 5.97 Å². The number of aliphatic hydroxyl groups is 1. The topological polar surface area (TPSA) is 78.8 Å². The van der Waals surface area contributed by atoms with Crippen LogP contribution in [0.15, 0.2) is 42.5 Å². The molecule has 0 spiro atoms. The smallest absolute Gasteiger partial charge is 0.303 e. The van der Waals surface area contributed by atoms with Crippen LogP contribution in [0.2, 0.25) is 0 Å². The van der Waals surface area contributed by atoms with Crippen molar-refractivity contribution in [3.63, 3.8) is 0 Å². The van der Waals surface area contributed by atoms with Crippen molar-refractivity contribution in [2.75, 3.05) is 6.54 Å². The van der Waals surface area contributed by atoms with E-state index in [0.29, 0.717) is 31.0 Å². The molecule has 0 amide bonds. The molecule has 5 atom stereocenters. The van der Waals surface area contributed by atoms with E-state index in [9.17, 15) is 9.90 Å². The number of aliphatic carboxylic acids is 1. The zero-order valence-electron chi connectivity index (χ0n) is 16.5. The first-order valence-electron chi connectivity index (χ1n) is 10.6. The van der Waals surface area contributed by atoms with Gasteiger partial charge in [0.05, 0.1) is 18.3 Å². The van der Waals surface area contributed by atoms with Crippen molar-refractivity contribution in [2.24, 2.45) is 5.92 Å². The minimum absolute atomic E-state index is 0.229. The number of hydrogen-bond acceptors (Lipinski definition) is 4. The van der Waals surface area contributed by atoms with E-state index in [-0.39, 0.29) is 18.6 Å². The van der Waals surface area contributed by atoms with Gasteiger partial charge in [-0.05, 0) is 50.5 Å². The number of ether oxygens (including phenoxy) is 1. The molecule has 2 saturated heterocycles. The molecular weight excluding hydrogens is 354 g/mol. The lowest BCUT2D eigenvalue weighted by atomic mass is 9.82. The second kappa shape index (κ2) is 10.7. The van der Waals surface area contributed by atoms with Crippen molar-refractivity contribution in [2.45, 2.75) is 75.7 Å². The Morgan fingerprint density at radius 3 is 2.79 bits per heavy atom. The highest BCUT2D eigenvalue weighted by Gasteiger charge is 2.47. The Hall–Kier alpha value is -1.69. The van der Waals surface area contributed by atoms with E-state index in [1.165, 1.54) is 5.56 Å². The van der Waals surface area contributed by atoms with Gasteiger partial charge in [0.1, 0.15) is 0 Å². The fraction of sp³-hybridized carbons (Fsp3) is 0.609. The number of benzene rings is 1. The number of carboxylic acids is 1. The molecule has 2 fully saturated rings. The molecular formula is C23H33NO4. The van der Waals surface area contributed by atoms with Gasteiger partial charge in [0.15, 0.2) is 0 Å². The molecule has 3 N–H and O–H groups in total. The third kappa shape index (κ3) is 6.16. The van der Waals surface area contributed by atoms with Crippen molar-refractivity contribution < 1.29 is 19.7 Å². The van der Waals surface area contributed by atoms with E-state index in [2.05, 4.69) is 29.6 Å². The number of allylic oxidation sites excluding steroid dienone is 2. The fourth-order valence-electron chi connectivity index (χ4n) is 4.45. The first kappa shape index (κ1) is 21.0. The second-order valence-corrected chi connectivity index (χ2v) is 8.06.